The van der Waals surface area contributed by atoms with Crippen molar-refractivity contribution in [2.24, 2.45) is 13.0 Å². The molecule has 0 bridgehead atoms. The van der Waals surface area contributed by atoms with E-state index in [1.54, 1.807) is 4.68 Å². The van der Waals surface area contributed by atoms with Gasteiger partial charge in [-0.3, -0.25) is 9.48 Å². The molecule has 144 valence electrons. The lowest BCUT2D eigenvalue weighted by Crippen LogP contribution is -2.42. The third-order valence-electron chi connectivity index (χ3n) is 4.65. The van der Waals surface area contributed by atoms with Crippen molar-refractivity contribution in [3.05, 3.63) is 53.6 Å². The summed E-state index contributed by atoms with van der Waals surface area (Å²) in [7, 11) is 1.90. The van der Waals surface area contributed by atoms with E-state index in [0.717, 1.165) is 25.9 Å². The van der Waals surface area contributed by atoms with Gasteiger partial charge >= 0.3 is 6.03 Å². The molecular weight excluding hydrogens is 349 g/mol. The van der Waals surface area contributed by atoms with E-state index in [2.05, 4.69) is 15.7 Å². The van der Waals surface area contributed by atoms with Crippen LogP contribution in [-0.4, -0.2) is 52.8 Å². The van der Waals surface area contributed by atoms with Crippen LogP contribution in [0.5, 0.6) is 0 Å². The summed E-state index contributed by atoms with van der Waals surface area (Å²) in [6.45, 7) is 2.12. The Hall–Kier alpha value is -2.90. The third-order valence-corrected chi connectivity index (χ3v) is 4.65. The van der Waals surface area contributed by atoms with Gasteiger partial charge < -0.3 is 15.5 Å². The van der Waals surface area contributed by atoms with Crippen molar-refractivity contribution < 1.29 is 14.0 Å². The monoisotopic (exact) mass is 373 g/mol. The van der Waals surface area contributed by atoms with Gasteiger partial charge in [-0.2, -0.15) is 5.10 Å². The molecule has 1 aliphatic heterocycles. The molecular formula is C19H24FN5O2. The van der Waals surface area contributed by atoms with E-state index in [9.17, 15) is 14.0 Å². The molecule has 2 heterocycles. The molecule has 0 spiro atoms. The lowest BCUT2D eigenvalue weighted by molar-refractivity contribution is 0.0953. The number of halogens is 1. The first kappa shape index (κ1) is 18.9. The highest BCUT2D eigenvalue weighted by molar-refractivity contribution is 5.94. The largest absolute Gasteiger partial charge is 0.350 e. The molecule has 3 rings (SSSR count). The minimum absolute atomic E-state index is 0.111. The number of amides is 3. The summed E-state index contributed by atoms with van der Waals surface area (Å²) in [5.41, 5.74) is 1.58. The van der Waals surface area contributed by atoms with Gasteiger partial charge in [0, 0.05) is 45.0 Å². The Labute approximate surface area is 157 Å². The second-order valence-corrected chi connectivity index (χ2v) is 6.82. The molecule has 1 aromatic carbocycles. The smallest absolute Gasteiger partial charge is 0.317 e. The zero-order chi connectivity index (χ0) is 19.2. The first-order valence-corrected chi connectivity index (χ1v) is 9.05. The highest BCUT2D eigenvalue weighted by atomic mass is 19.1. The van der Waals surface area contributed by atoms with Crippen molar-refractivity contribution in [3.8, 4) is 0 Å². The van der Waals surface area contributed by atoms with E-state index >= 15 is 0 Å². The van der Waals surface area contributed by atoms with Gasteiger partial charge in [0.15, 0.2) is 0 Å². The van der Waals surface area contributed by atoms with Gasteiger partial charge in [0.25, 0.3) is 5.91 Å². The second-order valence-electron chi connectivity index (χ2n) is 6.82. The van der Waals surface area contributed by atoms with Crippen LogP contribution in [0.15, 0.2) is 36.7 Å². The maximum absolute atomic E-state index is 12.9. The molecule has 0 saturated carbocycles. The van der Waals surface area contributed by atoms with Crippen molar-refractivity contribution in [3.63, 3.8) is 0 Å². The molecule has 1 unspecified atom stereocenters. The van der Waals surface area contributed by atoms with Gasteiger partial charge in [0.05, 0.1) is 6.20 Å². The van der Waals surface area contributed by atoms with Gasteiger partial charge in [0.2, 0.25) is 0 Å². The molecule has 1 aromatic heterocycles. The van der Waals surface area contributed by atoms with Crippen LogP contribution in [0.1, 0.15) is 22.3 Å². The quantitative estimate of drug-likeness (QED) is 0.755. The summed E-state index contributed by atoms with van der Waals surface area (Å²) < 4.78 is 14.6. The Bertz CT molecular complexity index is 790. The van der Waals surface area contributed by atoms with Crippen LogP contribution in [0.2, 0.25) is 0 Å². The van der Waals surface area contributed by atoms with E-state index in [4.69, 9.17) is 0 Å². The molecule has 0 radical (unpaired) electrons. The number of carbonyl (C=O) groups is 2. The van der Waals surface area contributed by atoms with Gasteiger partial charge in [-0.1, -0.05) is 0 Å². The van der Waals surface area contributed by atoms with E-state index in [1.165, 1.54) is 29.8 Å². The fourth-order valence-corrected chi connectivity index (χ4v) is 3.25. The summed E-state index contributed by atoms with van der Waals surface area (Å²) in [6, 6.07) is 5.23. The Kier molecular flexibility index (Phi) is 6.05. The number of likely N-dealkylation sites (tertiary alicyclic amines) is 1. The summed E-state index contributed by atoms with van der Waals surface area (Å²) in [5.74, 6) is -0.230. The maximum Gasteiger partial charge on any atom is 0.317 e. The summed E-state index contributed by atoms with van der Waals surface area (Å²) >= 11 is 0. The van der Waals surface area contributed by atoms with Gasteiger partial charge in [-0.15, -0.1) is 0 Å². The van der Waals surface area contributed by atoms with Gasteiger partial charge in [0.1, 0.15) is 5.82 Å². The second kappa shape index (κ2) is 8.66. The zero-order valence-corrected chi connectivity index (χ0v) is 15.3. The Morgan fingerprint density at radius 3 is 2.67 bits per heavy atom. The van der Waals surface area contributed by atoms with Crippen molar-refractivity contribution in [2.75, 3.05) is 26.2 Å². The van der Waals surface area contributed by atoms with Crippen LogP contribution in [0.3, 0.4) is 0 Å². The number of aromatic nitrogens is 2. The minimum Gasteiger partial charge on any atom is -0.350 e. The Morgan fingerprint density at radius 2 is 1.96 bits per heavy atom. The van der Waals surface area contributed by atoms with Gasteiger partial charge in [-0.05, 0) is 48.6 Å². The first-order valence-electron chi connectivity index (χ1n) is 9.05. The van der Waals surface area contributed by atoms with Crippen molar-refractivity contribution >= 4 is 11.9 Å². The van der Waals surface area contributed by atoms with E-state index in [-0.39, 0.29) is 17.8 Å². The number of carbonyl (C=O) groups excluding carboxylic acids is 2. The molecule has 27 heavy (non-hydrogen) atoms. The topological polar surface area (TPSA) is 79.3 Å². The van der Waals surface area contributed by atoms with Crippen LogP contribution >= 0.6 is 0 Å². The summed E-state index contributed by atoms with van der Waals surface area (Å²) in [6.07, 6.45) is 5.77. The fraction of sp³-hybridized carbons (Fsp3) is 0.421. The van der Waals surface area contributed by atoms with Crippen LogP contribution in [0.25, 0.3) is 0 Å². The highest BCUT2D eigenvalue weighted by Gasteiger charge is 2.26. The minimum atomic E-state index is -0.383. The predicted molar refractivity (Wildman–Crippen MR) is 98.7 cm³/mol. The predicted octanol–water partition coefficient (Wildman–Crippen LogP) is 1.56. The molecule has 1 fully saturated rings. The molecule has 1 atom stereocenters. The van der Waals surface area contributed by atoms with Crippen LogP contribution < -0.4 is 10.6 Å². The fourth-order valence-electron chi connectivity index (χ4n) is 3.25. The van der Waals surface area contributed by atoms with Gasteiger partial charge in [-0.25, -0.2) is 9.18 Å². The maximum atomic E-state index is 12.9. The van der Waals surface area contributed by atoms with Crippen LogP contribution in [-0.2, 0) is 13.5 Å². The molecule has 1 aliphatic rings. The van der Waals surface area contributed by atoms with Crippen LogP contribution in [0, 0.1) is 11.7 Å². The van der Waals surface area contributed by atoms with Crippen LogP contribution in [0.4, 0.5) is 9.18 Å². The number of nitrogens with zero attached hydrogens (tertiary/aromatic N) is 3. The third kappa shape index (κ3) is 5.29. The lowest BCUT2D eigenvalue weighted by atomic mass is 10.0. The number of aryl methyl sites for hydroxylation is 1. The number of benzene rings is 1. The summed E-state index contributed by atoms with van der Waals surface area (Å²) in [4.78, 5) is 26.0. The average molecular weight is 373 g/mol. The normalized spacial score (nSPS) is 16.4. The standard InChI is InChI=1S/C19H24FN5O2/c1-24-12-15(11-23-24)10-14-6-9-25(13-14)19(27)22-8-7-21-18(26)16-2-4-17(20)5-3-16/h2-5,11-12,14H,6-10,13H2,1H3,(H,21,26)(H,22,27). The van der Waals surface area contributed by atoms with E-state index in [1.807, 2.05) is 24.3 Å². The molecule has 3 amide bonds. The molecule has 2 N–H and O–H groups in total. The average Bonchev–Trinajstić information content (AvgIpc) is 3.28. The van der Waals surface area contributed by atoms with Crippen molar-refractivity contribution in [1.82, 2.24) is 25.3 Å². The van der Waals surface area contributed by atoms with E-state index < -0.39 is 0 Å². The Balaban J connectivity index is 1.34. The number of rotatable bonds is 6. The highest BCUT2D eigenvalue weighted by Crippen LogP contribution is 2.20. The lowest BCUT2D eigenvalue weighted by Gasteiger charge is -2.17. The molecule has 0 aliphatic carbocycles. The number of urea groups is 1. The number of nitrogens with one attached hydrogen (secondary N) is 2. The SMILES string of the molecule is Cn1cc(CC2CCN(C(=O)NCCNC(=O)c3ccc(F)cc3)C2)cn1. The summed E-state index contributed by atoms with van der Waals surface area (Å²) in [5, 5.41) is 9.70. The van der Waals surface area contributed by atoms with Crippen molar-refractivity contribution in [2.45, 2.75) is 12.8 Å². The van der Waals surface area contributed by atoms with Crippen molar-refractivity contribution in [1.29, 1.82) is 0 Å². The number of hydrogen-bond acceptors (Lipinski definition) is 3. The zero-order valence-electron chi connectivity index (χ0n) is 15.3. The Morgan fingerprint density at radius 1 is 1.22 bits per heavy atom. The number of hydrogen-bond donors (Lipinski definition) is 2. The molecule has 7 nitrogen and oxygen atoms in total. The first-order chi connectivity index (χ1) is 13.0. The van der Waals surface area contributed by atoms with E-state index in [0.29, 0.717) is 24.6 Å². The molecule has 1 saturated heterocycles. The molecule has 8 heteroatoms. The molecule has 2 aromatic rings.